The number of carbonyl (C=O) groups is 3. The fourth-order valence-corrected chi connectivity index (χ4v) is 8.15. The Bertz CT molecular complexity index is 1290. The van der Waals surface area contributed by atoms with E-state index < -0.39 is 46.0 Å². The Labute approximate surface area is 232 Å². The summed E-state index contributed by atoms with van der Waals surface area (Å²) in [6.07, 6.45) is 6.95. The molecule has 4 aliphatic carbocycles. The minimum Gasteiger partial charge on any atom is -0.457 e. The number of hydrogen-bond donors (Lipinski definition) is 2. The molecule has 10 nitrogen and oxygen atoms in total. The second kappa shape index (κ2) is 10.2. The Morgan fingerprint density at radius 3 is 2.55 bits per heavy atom. The van der Waals surface area contributed by atoms with Crippen LogP contribution in [-0.2, 0) is 37.0 Å². The van der Waals surface area contributed by atoms with Crippen LogP contribution in [0.1, 0.15) is 57.1 Å². The Kier molecular flexibility index (Phi) is 7.20. The van der Waals surface area contributed by atoms with E-state index in [0.717, 1.165) is 18.4 Å². The number of esters is 1. The maximum absolute atomic E-state index is 13.4. The van der Waals surface area contributed by atoms with Gasteiger partial charge in [-0.05, 0) is 67.2 Å². The summed E-state index contributed by atoms with van der Waals surface area (Å²) in [7, 11) is 0. The van der Waals surface area contributed by atoms with Crippen LogP contribution in [0.2, 0.25) is 0 Å². The normalized spacial score (nSPS) is 36.1. The van der Waals surface area contributed by atoms with Gasteiger partial charge in [-0.3, -0.25) is 14.4 Å². The number of rotatable bonds is 8. The fraction of sp³-hybridized carbons (Fsp3) is 0.567. The number of hydrogen-bond acceptors (Lipinski definition) is 9. The summed E-state index contributed by atoms with van der Waals surface area (Å²) in [6, 6.07) is 6.46. The zero-order chi connectivity index (χ0) is 28.9. The van der Waals surface area contributed by atoms with Crippen LogP contribution >= 0.6 is 0 Å². The highest BCUT2D eigenvalue weighted by atomic mass is 16.9. The topological polar surface area (TPSA) is 153 Å². The third-order valence-corrected chi connectivity index (χ3v) is 10.2. The summed E-state index contributed by atoms with van der Waals surface area (Å²) < 4.78 is 5.28. The molecule has 0 spiro atoms. The largest absolute Gasteiger partial charge is 0.457 e. The van der Waals surface area contributed by atoms with E-state index in [0.29, 0.717) is 17.5 Å². The number of ketones is 2. The molecule has 0 aliphatic heterocycles. The third kappa shape index (κ3) is 4.66. The molecule has 10 heteroatoms. The number of nitrogens with zero attached hydrogens (tertiary/aromatic N) is 1. The summed E-state index contributed by atoms with van der Waals surface area (Å²) in [6.45, 7) is 3.19. The highest BCUT2D eigenvalue weighted by Gasteiger charge is 2.68. The minimum absolute atomic E-state index is 0.00718. The Hall–Kier alpha value is -3.37. The van der Waals surface area contributed by atoms with Crippen molar-refractivity contribution >= 4 is 17.5 Å². The molecular formula is C30H35NO9. The van der Waals surface area contributed by atoms with Gasteiger partial charge in [-0.25, -0.2) is 0 Å². The number of Topliss-reactive ketones (excluding diaryl/α,β-unsaturated/α-hetero) is 1. The molecular weight excluding hydrogens is 518 g/mol. The van der Waals surface area contributed by atoms with Crippen molar-refractivity contribution < 1.29 is 39.3 Å². The van der Waals surface area contributed by atoms with Crippen molar-refractivity contribution in [2.75, 3.05) is 6.61 Å². The van der Waals surface area contributed by atoms with Crippen molar-refractivity contribution in [3.8, 4) is 0 Å². The maximum Gasteiger partial charge on any atom is 0.310 e. The van der Waals surface area contributed by atoms with E-state index in [9.17, 15) is 34.7 Å². The van der Waals surface area contributed by atoms with Crippen molar-refractivity contribution in [1.29, 1.82) is 0 Å². The van der Waals surface area contributed by atoms with Crippen molar-refractivity contribution in [2.45, 2.75) is 70.7 Å². The van der Waals surface area contributed by atoms with Gasteiger partial charge in [0.05, 0.1) is 12.5 Å². The number of ether oxygens (including phenoxy) is 1. The lowest BCUT2D eigenvalue weighted by molar-refractivity contribution is -0.763. The van der Waals surface area contributed by atoms with Crippen LogP contribution in [0.3, 0.4) is 0 Å². The highest BCUT2D eigenvalue weighted by molar-refractivity contribution is 6.01. The number of allylic oxidation sites excluding steroid dienone is 4. The Morgan fingerprint density at radius 2 is 1.85 bits per heavy atom. The average Bonchev–Trinajstić information content (AvgIpc) is 3.18. The van der Waals surface area contributed by atoms with Gasteiger partial charge in [0.25, 0.3) is 5.09 Å². The van der Waals surface area contributed by atoms with Gasteiger partial charge in [-0.1, -0.05) is 49.8 Å². The number of fused-ring (bicyclic) bond motifs is 5. The standard InChI is InChI=1S/C30H35NO9/c1-28-11-9-21(32)14-20(28)7-8-22-23-10-12-30(36,29(23,2)15-24(33)27(22)28)25(34)17-39-26(35)13-18-3-5-19(6-4-18)16-40-31(37)38/h3-6,9,11,14,22-24,27,33,36H,7-8,10,12-13,15-17H2,1-2H3/t22-,23-,24-,27+,28-,29-,30-/m0/s1. The number of aliphatic hydroxyl groups is 2. The Morgan fingerprint density at radius 1 is 1.15 bits per heavy atom. The molecule has 0 amide bonds. The van der Waals surface area contributed by atoms with Gasteiger partial charge in [-0.15, -0.1) is 10.1 Å². The predicted octanol–water partition coefficient (Wildman–Crippen LogP) is 3.06. The van der Waals surface area contributed by atoms with Crippen molar-refractivity contribution in [1.82, 2.24) is 0 Å². The van der Waals surface area contributed by atoms with Crippen LogP contribution in [0.25, 0.3) is 0 Å². The zero-order valence-corrected chi connectivity index (χ0v) is 22.7. The van der Waals surface area contributed by atoms with Crippen LogP contribution in [0, 0.1) is 38.7 Å². The van der Waals surface area contributed by atoms with Crippen molar-refractivity contribution in [3.05, 3.63) is 69.3 Å². The van der Waals surface area contributed by atoms with Gasteiger partial charge in [-0.2, -0.15) is 0 Å². The molecule has 3 saturated carbocycles. The van der Waals surface area contributed by atoms with Gasteiger partial charge in [0.1, 0.15) is 12.2 Å². The van der Waals surface area contributed by atoms with Gasteiger partial charge in [0, 0.05) is 16.7 Å². The minimum atomic E-state index is -1.72. The molecule has 4 aliphatic rings. The third-order valence-electron chi connectivity index (χ3n) is 10.2. The Balaban J connectivity index is 1.23. The van der Waals surface area contributed by atoms with Gasteiger partial charge >= 0.3 is 5.97 Å². The molecule has 3 fully saturated rings. The first-order valence-electron chi connectivity index (χ1n) is 13.8. The first kappa shape index (κ1) is 28.2. The van der Waals surface area contributed by atoms with Crippen LogP contribution in [0.5, 0.6) is 0 Å². The molecule has 2 N–H and O–H groups in total. The molecule has 1 aromatic rings. The van der Waals surface area contributed by atoms with Crippen molar-refractivity contribution in [3.63, 3.8) is 0 Å². The highest BCUT2D eigenvalue weighted by Crippen LogP contribution is 2.67. The van der Waals surface area contributed by atoms with E-state index in [2.05, 4.69) is 11.8 Å². The van der Waals surface area contributed by atoms with Gasteiger partial charge in [0.2, 0.25) is 5.78 Å². The molecule has 7 atom stereocenters. The first-order chi connectivity index (χ1) is 18.9. The lowest BCUT2D eigenvalue weighted by atomic mass is 9.46. The average molecular weight is 554 g/mol. The summed E-state index contributed by atoms with van der Waals surface area (Å²) in [4.78, 5) is 52.6. The molecule has 40 heavy (non-hydrogen) atoms. The molecule has 0 radical (unpaired) electrons. The first-order valence-corrected chi connectivity index (χ1v) is 13.8. The predicted molar refractivity (Wildman–Crippen MR) is 141 cm³/mol. The molecule has 5 rings (SSSR count). The SMILES string of the molecule is C[C@]12C=CC(=O)C=C1CC[C@@H]1[C@@H]2[C@@H](O)C[C@@]2(C)[C@H]1CC[C@]2(O)C(=O)COC(=O)Cc1ccc(CO[N+](=O)[O-])cc1. The van der Waals surface area contributed by atoms with Gasteiger partial charge < -0.3 is 19.8 Å². The molecule has 0 heterocycles. The van der Waals surface area contributed by atoms with E-state index in [1.54, 1.807) is 36.4 Å². The lowest BCUT2D eigenvalue weighted by Gasteiger charge is -2.59. The summed E-state index contributed by atoms with van der Waals surface area (Å²) in [5, 5.41) is 32.7. The van der Waals surface area contributed by atoms with E-state index in [1.165, 1.54) is 0 Å². The monoisotopic (exact) mass is 553 g/mol. The van der Waals surface area contributed by atoms with Crippen LogP contribution in [-0.4, -0.2) is 51.1 Å². The van der Waals surface area contributed by atoms with Crippen molar-refractivity contribution in [2.24, 2.45) is 28.6 Å². The lowest BCUT2D eigenvalue weighted by Crippen LogP contribution is -2.61. The molecule has 0 bridgehead atoms. The summed E-state index contributed by atoms with van der Waals surface area (Å²) >= 11 is 0. The molecule has 0 unspecified atom stereocenters. The molecule has 1 aromatic carbocycles. The molecule has 214 valence electrons. The van der Waals surface area contributed by atoms with E-state index >= 15 is 0 Å². The summed E-state index contributed by atoms with van der Waals surface area (Å²) in [5.74, 6) is -1.24. The summed E-state index contributed by atoms with van der Waals surface area (Å²) in [5.41, 5.74) is -0.815. The maximum atomic E-state index is 13.4. The second-order valence-electron chi connectivity index (χ2n) is 12.2. The number of aliphatic hydroxyl groups excluding tert-OH is 1. The van der Waals surface area contributed by atoms with E-state index in [4.69, 9.17) is 4.74 Å². The zero-order valence-electron chi connectivity index (χ0n) is 22.7. The quantitative estimate of drug-likeness (QED) is 0.281. The van der Waals surface area contributed by atoms with Crippen LogP contribution in [0.15, 0.2) is 48.1 Å². The van der Waals surface area contributed by atoms with E-state index in [-0.39, 0.29) is 49.4 Å². The molecule has 0 saturated heterocycles. The smallest absolute Gasteiger partial charge is 0.310 e. The van der Waals surface area contributed by atoms with Crippen LogP contribution in [0.4, 0.5) is 0 Å². The van der Waals surface area contributed by atoms with Gasteiger partial charge in [0.15, 0.2) is 12.4 Å². The van der Waals surface area contributed by atoms with E-state index in [1.807, 2.05) is 13.0 Å². The number of benzene rings is 1. The fourth-order valence-electron chi connectivity index (χ4n) is 8.15. The molecule has 0 aromatic heterocycles. The number of carbonyl (C=O) groups excluding carboxylic acids is 3. The van der Waals surface area contributed by atoms with Crippen LogP contribution < -0.4 is 0 Å². The second-order valence-corrected chi connectivity index (χ2v) is 12.2.